The summed E-state index contributed by atoms with van der Waals surface area (Å²) in [6, 6.07) is 0. The van der Waals surface area contributed by atoms with Crippen molar-refractivity contribution in [1.29, 1.82) is 0 Å². The molecule has 4 heavy (non-hydrogen) atoms. The van der Waals surface area contributed by atoms with Crippen molar-refractivity contribution in [3.8, 4) is 0 Å². The van der Waals surface area contributed by atoms with Gasteiger partial charge in [-0.1, -0.05) is 0 Å². The van der Waals surface area contributed by atoms with Crippen LogP contribution in [0.5, 0.6) is 0 Å². The molecule has 0 saturated carbocycles. The van der Waals surface area contributed by atoms with Crippen molar-refractivity contribution < 1.29 is 16.4 Å². The first-order valence-corrected chi connectivity index (χ1v) is 0. The standard InChI is InChI=1S/3H2O.Sn/h3*1H2;. The first kappa shape index (κ1) is 137. The molecule has 0 fully saturated rings. The van der Waals surface area contributed by atoms with E-state index in [0.717, 1.165) is 0 Å². The van der Waals surface area contributed by atoms with Gasteiger partial charge in [-0.3, -0.25) is 0 Å². The molecule has 0 aliphatic carbocycles. The van der Waals surface area contributed by atoms with Gasteiger partial charge in [-0.15, -0.1) is 0 Å². The van der Waals surface area contributed by atoms with Crippen LogP contribution in [0.2, 0.25) is 0 Å². The van der Waals surface area contributed by atoms with Gasteiger partial charge < -0.3 is 16.4 Å². The molecule has 0 aromatic carbocycles. The largest absolute Gasteiger partial charge is 0.412 e. The van der Waals surface area contributed by atoms with E-state index < -0.39 is 0 Å². The summed E-state index contributed by atoms with van der Waals surface area (Å²) in [5.74, 6) is 0. The van der Waals surface area contributed by atoms with Crippen molar-refractivity contribution in [3.05, 3.63) is 0 Å². The maximum Gasteiger partial charge on any atom is 0 e. The van der Waals surface area contributed by atoms with E-state index in [-0.39, 0.29) is 40.3 Å². The van der Waals surface area contributed by atoms with Crippen LogP contribution < -0.4 is 0 Å². The molecule has 0 spiro atoms. The van der Waals surface area contributed by atoms with Gasteiger partial charge in [-0.25, -0.2) is 0 Å². The molecular weight excluding hydrogens is 167 g/mol. The molecule has 0 atom stereocenters. The topological polar surface area (TPSA) is 94.5 Å². The molecular formula is H6O3Sn. The van der Waals surface area contributed by atoms with Crippen LogP contribution in [-0.2, 0) is 0 Å². The van der Waals surface area contributed by atoms with Crippen molar-refractivity contribution in [3.63, 3.8) is 0 Å². The summed E-state index contributed by atoms with van der Waals surface area (Å²) in [5.41, 5.74) is 0. The summed E-state index contributed by atoms with van der Waals surface area (Å²) >= 11 is 0. The maximum absolute atomic E-state index is 0. The minimum atomic E-state index is 0. The van der Waals surface area contributed by atoms with E-state index in [2.05, 4.69) is 0 Å². The van der Waals surface area contributed by atoms with Crippen molar-refractivity contribution in [2.75, 3.05) is 0 Å². The van der Waals surface area contributed by atoms with Crippen LogP contribution >= 0.6 is 0 Å². The predicted octanol–water partition coefficient (Wildman–Crippen LogP) is -2.85. The molecule has 28 valence electrons. The quantitative estimate of drug-likeness (QED) is 0.352. The zero-order chi connectivity index (χ0) is 0. The van der Waals surface area contributed by atoms with Gasteiger partial charge in [-0.2, -0.15) is 0 Å². The average molecular weight is 173 g/mol. The third-order valence-corrected chi connectivity index (χ3v) is 0. The first-order valence-electron chi connectivity index (χ1n) is 0. The van der Waals surface area contributed by atoms with E-state index >= 15 is 0 Å². The van der Waals surface area contributed by atoms with Gasteiger partial charge in [-0.05, 0) is 0 Å². The van der Waals surface area contributed by atoms with Crippen molar-refractivity contribution in [2.45, 2.75) is 0 Å². The molecule has 0 amide bonds. The summed E-state index contributed by atoms with van der Waals surface area (Å²) in [6.45, 7) is 0. The molecule has 0 heterocycles. The molecule has 0 rings (SSSR count). The second-order valence-corrected chi connectivity index (χ2v) is 0. The number of rotatable bonds is 0. The Balaban J connectivity index is 0. The minimum Gasteiger partial charge on any atom is -0.412 e. The van der Waals surface area contributed by atoms with Crippen LogP contribution in [0.3, 0.4) is 0 Å². The van der Waals surface area contributed by atoms with E-state index in [1.54, 1.807) is 0 Å². The summed E-state index contributed by atoms with van der Waals surface area (Å²) in [6.07, 6.45) is 0. The summed E-state index contributed by atoms with van der Waals surface area (Å²) < 4.78 is 0. The molecule has 3 nitrogen and oxygen atoms in total. The van der Waals surface area contributed by atoms with Crippen LogP contribution in [0.4, 0.5) is 0 Å². The molecule has 0 aliphatic heterocycles. The molecule has 0 aromatic heterocycles. The SMILES string of the molecule is O.O.O.[Sn]. The van der Waals surface area contributed by atoms with Gasteiger partial charge in [0, 0.05) is 23.9 Å². The predicted molar refractivity (Wildman–Crippen MR) is 16.6 cm³/mol. The third kappa shape index (κ3) is 16.4. The Kier molecular flexibility index (Phi) is 1970. The Morgan fingerprint density at radius 1 is 0.500 bits per heavy atom. The molecule has 0 bridgehead atoms. The van der Waals surface area contributed by atoms with Gasteiger partial charge in [0.1, 0.15) is 0 Å². The fourth-order valence-electron chi connectivity index (χ4n) is 0. The van der Waals surface area contributed by atoms with E-state index in [1.165, 1.54) is 0 Å². The maximum atomic E-state index is 0. The van der Waals surface area contributed by atoms with Crippen LogP contribution in [0.1, 0.15) is 0 Å². The second-order valence-electron chi connectivity index (χ2n) is 0. The zero-order valence-corrected chi connectivity index (χ0v) is 4.85. The van der Waals surface area contributed by atoms with Gasteiger partial charge in [0.05, 0.1) is 0 Å². The molecule has 6 N–H and O–H groups in total. The molecule has 0 aromatic rings. The Morgan fingerprint density at radius 3 is 0.500 bits per heavy atom. The normalized spacial score (nSPS) is 0. The molecule has 0 saturated heterocycles. The first-order chi connectivity index (χ1) is 0. The van der Waals surface area contributed by atoms with Gasteiger partial charge in [0.2, 0.25) is 0 Å². The van der Waals surface area contributed by atoms with Gasteiger partial charge in [0.15, 0.2) is 0 Å². The Hall–Kier alpha value is 0.679. The van der Waals surface area contributed by atoms with Crippen molar-refractivity contribution >= 4 is 23.9 Å². The molecule has 0 unspecified atom stereocenters. The minimum absolute atomic E-state index is 0. The smallest absolute Gasteiger partial charge is 0 e. The van der Waals surface area contributed by atoms with E-state index in [4.69, 9.17) is 0 Å². The molecule has 0 aliphatic rings. The van der Waals surface area contributed by atoms with Crippen molar-refractivity contribution in [1.82, 2.24) is 0 Å². The summed E-state index contributed by atoms with van der Waals surface area (Å²) in [4.78, 5) is 0. The van der Waals surface area contributed by atoms with E-state index in [0.29, 0.717) is 0 Å². The van der Waals surface area contributed by atoms with E-state index in [9.17, 15) is 0 Å². The molecule has 4 heteroatoms. The third-order valence-electron chi connectivity index (χ3n) is 0. The van der Waals surface area contributed by atoms with Crippen LogP contribution in [0.25, 0.3) is 0 Å². The number of hydrogen-bond acceptors (Lipinski definition) is 0. The Labute approximate surface area is 40.9 Å². The summed E-state index contributed by atoms with van der Waals surface area (Å²) in [5, 5.41) is 0. The number of hydrogen-bond donors (Lipinski definition) is 0. The fourth-order valence-corrected chi connectivity index (χ4v) is 0. The average Bonchev–Trinajstić information content (AvgIpc) is 0. The van der Waals surface area contributed by atoms with Gasteiger partial charge >= 0.3 is 0 Å². The molecule has 4 radical (unpaired) electrons. The fraction of sp³-hybridized carbons (Fsp3) is 0. The second kappa shape index (κ2) is 57.3. The summed E-state index contributed by atoms with van der Waals surface area (Å²) in [7, 11) is 0. The van der Waals surface area contributed by atoms with Crippen LogP contribution in [-0.4, -0.2) is 40.3 Å². The Morgan fingerprint density at radius 2 is 0.500 bits per heavy atom. The van der Waals surface area contributed by atoms with E-state index in [1.807, 2.05) is 0 Å². The van der Waals surface area contributed by atoms with Crippen molar-refractivity contribution in [2.24, 2.45) is 0 Å². The monoisotopic (exact) mass is 174 g/mol. The zero-order valence-electron chi connectivity index (χ0n) is 2.00. The Bertz CT molecular complexity index is 3.25. The van der Waals surface area contributed by atoms with Gasteiger partial charge in [0.25, 0.3) is 0 Å². The van der Waals surface area contributed by atoms with Crippen LogP contribution in [0, 0.1) is 0 Å². The van der Waals surface area contributed by atoms with Crippen LogP contribution in [0.15, 0.2) is 0 Å².